The van der Waals surface area contributed by atoms with Crippen LogP contribution in [0.5, 0.6) is 0 Å². The van der Waals surface area contributed by atoms with Crippen LogP contribution < -0.4 is 21.8 Å². The van der Waals surface area contributed by atoms with E-state index >= 15 is 0 Å². The zero-order valence-corrected chi connectivity index (χ0v) is 20.3. The fourth-order valence-electron chi connectivity index (χ4n) is 4.40. The summed E-state index contributed by atoms with van der Waals surface area (Å²) in [7, 11) is 0. The van der Waals surface area contributed by atoms with E-state index in [2.05, 4.69) is 14.9 Å². The number of piperidine rings is 1. The van der Waals surface area contributed by atoms with E-state index in [0.717, 1.165) is 30.7 Å². The van der Waals surface area contributed by atoms with E-state index in [9.17, 15) is 14.7 Å². The van der Waals surface area contributed by atoms with Crippen molar-refractivity contribution in [3.8, 4) is 0 Å². The number of nitrogens with zero attached hydrogens (tertiary/aromatic N) is 6. The maximum absolute atomic E-state index is 13.8. The number of fused-ring (bicyclic) bond motifs is 1. The summed E-state index contributed by atoms with van der Waals surface area (Å²) in [6.07, 6.45) is 9.14. The molecule has 0 amide bonds. The molecule has 1 fully saturated rings. The predicted octanol–water partition coefficient (Wildman–Crippen LogP) is 1.35. The first kappa shape index (κ1) is 24.6. The highest BCUT2D eigenvalue weighted by atomic mass is 16.3. The molecule has 0 spiro atoms. The molecule has 1 unspecified atom stereocenters. The largest absolute Gasteiger partial charge is 0.394 e. The van der Waals surface area contributed by atoms with Gasteiger partial charge in [0.1, 0.15) is 5.52 Å². The number of allylic oxidation sites excluding steroid dienone is 3. The number of anilines is 1. The Kier molecular flexibility index (Phi) is 7.62. The standard InChI is InChI=1S/C25H33N7O3/c1-18(2)10-14-30-22-21(28-25(30)29-12-5-7-19(26)17-29)23(34)32(15-16-33)31(24(22)35)13-6-9-20-8-3-4-11-27-20/h3-4,6,8-11,19,33H,5,7,12-17,26H2,1-2H3/b9-6+. The van der Waals surface area contributed by atoms with Gasteiger partial charge in [-0.15, -0.1) is 0 Å². The van der Waals surface area contributed by atoms with E-state index in [1.807, 2.05) is 42.7 Å². The minimum Gasteiger partial charge on any atom is -0.394 e. The maximum atomic E-state index is 13.8. The first-order valence-corrected chi connectivity index (χ1v) is 12.0. The third kappa shape index (κ3) is 5.28. The summed E-state index contributed by atoms with van der Waals surface area (Å²) in [6.45, 7) is 5.64. The van der Waals surface area contributed by atoms with E-state index in [1.165, 1.54) is 9.36 Å². The summed E-state index contributed by atoms with van der Waals surface area (Å²) in [6, 6.07) is 5.57. The summed E-state index contributed by atoms with van der Waals surface area (Å²) in [5.41, 5.74) is 7.70. The van der Waals surface area contributed by atoms with E-state index in [-0.39, 0.29) is 42.3 Å². The fraction of sp³-hybridized carbons (Fsp3) is 0.440. The molecule has 1 aliphatic rings. The molecule has 3 aromatic heterocycles. The van der Waals surface area contributed by atoms with Gasteiger partial charge in [-0.05, 0) is 44.9 Å². The molecule has 35 heavy (non-hydrogen) atoms. The molecule has 0 saturated carbocycles. The van der Waals surface area contributed by atoms with E-state index in [1.54, 1.807) is 18.3 Å². The Bertz CT molecular complexity index is 1350. The van der Waals surface area contributed by atoms with E-state index in [0.29, 0.717) is 19.0 Å². The Labute approximate surface area is 203 Å². The van der Waals surface area contributed by atoms with Crippen molar-refractivity contribution in [2.75, 3.05) is 24.6 Å². The van der Waals surface area contributed by atoms with Gasteiger partial charge in [0.05, 0.1) is 25.4 Å². The van der Waals surface area contributed by atoms with E-state index in [4.69, 9.17) is 5.73 Å². The molecule has 4 heterocycles. The number of pyridine rings is 1. The lowest BCUT2D eigenvalue weighted by Crippen LogP contribution is -2.44. The molecule has 1 atom stereocenters. The van der Waals surface area contributed by atoms with Crippen LogP contribution in [0.4, 0.5) is 5.95 Å². The monoisotopic (exact) mass is 479 g/mol. The van der Waals surface area contributed by atoms with Crippen LogP contribution in [0, 0.1) is 0 Å². The second-order valence-electron chi connectivity index (χ2n) is 9.05. The van der Waals surface area contributed by atoms with Gasteiger partial charge in [-0.2, -0.15) is 0 Å². The number of hydrogen-bond acceptors (Lipinski definition) is 7. The molecular formula is C25H33N7O3. The summed E-state index contributed by atoms with van der Waals surface area (Å²) in [5.74, 6) is 0.583. The molecule has 3 aromatic rings. The molecule has 1 saturated heterocycles. The second-order valence-corrected chi connectivity index (χ2v) is 9.05. The Morgan fingerprint density at radius 3 is 2.71 bits per heavy atom. The Morgan fingerprint density at radius 1 is 1.20 bits per heavy atom. The number of aliphatic hydroxyl groups excluding tert-OH is 1. The third-order valence-corrected chi connectivity index (χ3v) is 6.10. The van der Waals surface area contributed by atoms with Gasteiger partial charge in [0.25, 0.3) is 11.1 Å². The molecule has 3 N–H and O–H groups in total. The first-order chi connectivity index (χ1) is 16.9. The van der Waals surface area contributed by atoms with Crippen molar-refractivity contribution in [2.45, 2.75) is 52.4 Å². The van der Waals surface area contributed by atoms with Gasteiger partial charge in [-0.1, -0.05) is 23.8 Å². The lowest BCUT2D eigenvalue weighted by Gasteiger charge is -2.31. The van der Waals surface area contributed by atoms with Crippen LogP contribution in [-0.4, -0.2) is 54.7 Å². The molecule has 0 radical (unpaired) electrons. The second kappa shape index (κ2) is 10.8. The molecule has 1 aliphatic heterocycles. The average Bonchev–Trinajstić information content (AvgIpc) is 3.23. The lowest BCUT2D eigenvalue weighted by molar-refractivity contribution is 0.253. The third-order valence-electron chi connectivity index (χ3n) is 6.10. The van der Waals surface area contributed by atoms with Gasteiger partial charge in [0, 0.05) is 31.9 Å². The zero-order valence-electron chi connectivity index (χ0n) is 20.3. The van der Waals surface area contributed by atoms with Crippen LogP contribution in [0.2, 0.25) is 0 Å². The fourth-order valence-corrected chi connectivity index (χ4v) is 4.40. The van der Waals surface area contributed by atoms with Gasteiger partial charge in [-0.3, -0.25) is 14.6 Å². The minimum atomic E-state index is -0.404. The summed E-state index contributed by atoms with van der Waals surface area (Å²) < 4.78 is 4.47. The van der Waals surface area contributed by atoms with Crippen molar-refractivity contribution in [1.82, 2.24) is 23.9 Å². The van der Waals surface area contributed by atoms with Gasteiger partial charge in [0.15, 0.2) is 5.52 Å². The molecule has 0 bridgehead atoms. The normalized spacial score (nSPS) is 16.3. The maximum Gasteiger partial charge on any atom is 0.293 e. The highest BCUT2D eigenvalue weighted by molar-refractivity contribution is 5.77. The summed E-state index contributed by atoms with van der Waals surface area (Å²) >= 11 is 0. The molecule has 186 valence electrons. The number of hydrogen-bond donors (Lipinski definition) is 2. The van der Waals surface area contributed by atoms with Gasteiger partial charge < -0.3 is 20.3 Å². The van der Waals surface area contributed by atoms with Crippen molar-refractivity contribution < 1.29 is 5.11 Å². The number of imidazole rings is 1. The lowest BCUT2D eigenvalue weighted by atomic mass is 10.1. The first-order valence-electron chi connectivity index (χ1n) is 12.0. The van der Waals surface area contributed by atoms with Crippen molar-refractivity contribution in [2.24, 2.45) is 5.73 Å². The minimum absolute atomic E-state index is 0.00775. The van der Waals surface area contributed by atoms with Gasteiger partial charge in [-0.25, -0.2) is 14.3 Å². The molecule has 0 aromatic carbocycles. The average molecular weight is 480 g/mol. The molecular weight excluding hydrogens is 446 g/mol. The van der Waals surface area contributed by atoms with Crippen molar-refractivity contribution in [1.29, 1.82) is 0 Å². The SMILES string of the molecule is CC(C)=CCn1c(N2CCCC(N)C2)nc2c(=O)n(CCO)n(C/C=C/c3ccccn3)c(=O)c21. The topological polar surface area (TPSA) is 124 Å². The number of aromatic nitrogens is 5. The predicted molar refractivity (Wildman–Crippen MR) is 137 cm³/mol. The smallest absolute Gasteiger partial charge is 0.293 e. The van der Waals surface area contributed by atoms with Crippen LogP contribution in [-0.2, 0) is 19.6 Å². The summed E-state index contributed by atoms with van der Waals surface area (Å²) in [4.78, 5) is 38.3. The van der Waals surface area contributed by atoms with Crippen LogP contribution in [0.25, 0.3) is 17.1 Å². The molecule has 10 nitrogen and oxygen atoms in total. The quantitative estimate of drug-likeness (QED) is 0.468. The van der Waals surface area contributed by atoms with E-state index < -0.39 is 5.56 Å². The number of nitrogens with two attached hydrogens (primary N) is 1. The van der Waals surface area contributed by atoms with Crippen molar-refractivity contribution >= 4 is 23.1 Å². The van der Waals surface area contributed by atoms with Crippen LogP contribution >= 0.6 is 0 Å². The van der Waals surface area contributed by atoms with Gasteiger partial charge >= 0.3 is 0 Å². The van der Waals surface area contributed by atoms with Gasteiger partial charge in [0.2, 0.25) is 5.95 Å². The highest BCUT2D eigenvalue weighted by Crippen LogP contribution is 2.22. The molecule has 0 aliphatic carbocycles. The number of rotatable bonds is 8. The Balaban J connectivity index is 1.88. The van der Waals surface area contributed by atoms with Crippen LogP contribution in [0.3, 0.4) is 0 Å². The Hall–Kier alpha value is -3.50. The van der Waals surface area contributed by atoms with Crippen LogP contribution in [0.1, 0.15) is 32.4 Å². The van der Waals surface area contributed by atoms with Crippen molar-refractivity contribution in [3.63, 3.8) is 0 Å². The van der Waals surface area contributed by atoms with Crippen molar-refractivity contribution in [3.05, 3.63) is 68.5 Å². The molecule has 10 heteroatoms. The summed E-state index contributed by atoms with van der Waals surface area (Å²) in [5, 5.41) is 9.61. The molecule has 4 rings (SSSR count). The zero-order chi connectivity index (χ0) is 24.9. The van der Waals surface area contributed by atoms with Crippen LogP contribution in [0.15, 0.2) is 51.7 Å². The Morgan fingerprint density at radius 2 is 2.03 bits per heavy atom. The number of aliphatic hydroxyl groups is 1. The highest BCUT2D eigenvalue weighted by Gasteiger charge is 2.26.